The molecule has 17 heavy (non-hydrogen) atoms. The topological polar surface area (TPSA) is 69.4 Å². The fourth-order valence-electron chi connectivity index (χ4n) is 2.01. The van der Waals surface area contributed by atoms with Gasteiger partial charge in [-0.3, -0.25) is 10.1 Å². The predicted octanol–water partition coefficient (Wildman–Crippen LogP) is 2.65. The second-order valence-corrected chi connectivity index (χ2v) is 4.15. The number of esters is 1. The summed E-state index contributed by atoms with van der Waals surface area (Å²) in [6, 6.07) is 4.57. The highest BCUT2D eigenvalue weighted by Gasteiger charge is 2.27. The molecule has 0 unspecified atom stereocenters. The Kier molecular flexibility index (Phi) is 3.08. The number of benzene rings is 1. The maximum atomic E-state index is 11.3. The molecule has 0 saturated heterocycles. The molecule has 1 aromatic rings. The minimum atomic E-state index is -0.548. The van der Waals surface area contributed by atoms with Gasteiger partial charge in [0, 0.05) is 11.6 Å². The number of hydrogen-bond acceptors (Lipinski definition) is 4. The molecule has 0 bridgehead atoms. The Hall–Kier alpha value is -1.91. The standard InChI is InChI=1S/C12H13NO4/c1-17-12(14)9-5-6-10(8-3-2-4-8)11(7-9)13(15)16/h5-8H,2-4H2,1H3. The molecule has 1 aliphatic rings. The maximum absolute atomic E-state index is 11.3. The third kappa shape index (κ3) is 2.13. The van der Waals surface area contributed by atoms with E-state index in [1.807, 2.05) is 0 Å². The van der Waals surface area contributed by atoms with Crippen LogP contribution in [0, 0.1) is 10.1 Å². The molecule has 0 N–H and O–H groups in total. The van der Waals surface area contributed by atoms with Crippen molar-refractivity contribution in [2.75, 3.05) is 7.11 Å². The summed E-state index contributed by atoms with van der Waals surface area (Å²) in [6.45, 7) is 0. The van der Waals surface area contributed by atoms with Gasteiger partial charge < -0.3 is 4.74 Å². The van der Waals surface area contributed by atoms with Crippen LogP contribution in [0.3, 0.4) is 0 Å². The third-order valence-electron chi connectivity index (χ3n) is 3.19. The molecule has 1 aromatic carbocycles. The van der Waals surface area contributed by atoms with Gasteiger partial charge in [-0.05, 0) is 24.8 Å². The summed E-state index contributed by atoms with van der Waals surface area (Å²) in [5, 5.41) is 11.0. The van der Waals surface area contributed by atoms with Crippen LogP contribution in [0.2, 0.25) is 0 Å². The molecule has 5 heteroatoms. The van der Waals surface area contributed by atoms with Gasteiger partial charge in [0.25, 0.3) is 5.69 Å². The van der Waals surface area contributed by atoms with Crippen LogP contribution in [-0.2, 0) is 4.74 Å². The number of hydrogen-bond donors (Lipinski definition) is 0. The first-order valence-corrected chi connectivity index (χ1v) is 5.50. The molecule has 90 valence electrons. The smallest absolute Gasteiger partial charge is 0.338 e. The number of carbonyl (C=O) groups is 1. The minimum absolute atomic E-state index is 0.0256. The van der Waals surface area contributed by atoms with Gasteiger partial charge >= 0.3 is 5.97 Å². The van der Waals surface area contributed by atoms with Crippen LogP contribution in [-0.4, -0.2) is 18.0 Å². The predicted molar refractivity (Wildman–Crippen MR) is 61.0 cm³/mol. The highest BCUT2D eigenvalue weighted by Crippen LogP contribution is 2.40. The number of nitro groups is 1. The van der Waals surface area contributed by atoms with Crippen LogP contribution in [0.15, 0.2) is 18.2 Å². The van der Waals surface area contributed by atoms with Crippen molar-refractivity contribution in [1.82, 2.24) is 0 Å². The molecule has 1 aliphatic carbocycles. The molecular weight excluding hydrogens is 222 g/mol. The van der Waals surface area contributed by atoms with Crippen molar-refractivity contribution in [2.45, 2.75) is 25.2 Å². The second-order valence-electron chi connectivity index (χ2n) is 4.15. The summed E-state index contributed by atoms with van der Waals surface area (Å²) in [6.07, 6.45) is 3.08. The largest absolute Gasteiger partial charge is 0.465 e. The first-order valence-electron chi connectivity index (χ1n) is 5.50. The van der Waals surface area contributed by atoms with E-state index in [-0.39, 0.29) is 17.2 Å². The van der Waals surface area contributed by atoms with Crippen LogP contribution in [0.5, 0.6) is 0 Å². The van der Waals surface area contributed by atoms with Gasteiger partial charge in [-0.2, -0.15) is 0 Å². The van der Waals surface area contributed by atoms with Crippen LogP contribution in [0.4, 0.5) is 5.69 Å². The molecule has 0 heterocycles. The minimum Gasteiger partial charge on any atom is -0.465 e. The lowest BCUT2D eigenvalue weighted by molar-refractivity contribution is -0.385. The van der Waals surface area contributed by atoms with Crippen molar-refractivity contribution >= 4 is 11.7 Å². The van der Waals surface area contributed by atoms with Crippen molar-refractivity contribution in [3.63, 3.8) is 0 Å². The number of methoxy groups -OCH3 is 1. The Labute approximate surface area is 98.5 Å². The summed E-state index contributed by atoms with van der Waals surface area (Å²) < 4.78 is 4.55. The summed E-state index contributed by atoms with van der Waals surface area (Å²) in [5.74, 6) is -0.282. The fraction of sp³-hybridized carbons (Fsp3) is 0.417. The zero-order valence-corrected chi connectivity index (χ0v) is 9.51. The van der Waals surface area contributed by atoms with E-state index in [0.29, 0.717) is 0 Å². The zero-order valence-electron chi connectivity index (χ0n) is 9.51. The molecule has 0 amide bonds. The Bertz CT molecular complexity index is 466. The maximum Gasteiger partial charge on any atom is 0.338 e. The van der Waals surface area contributed by atoms with Gasteiger partial charge in [0.05, 0.1) is 17.6 Å². The fourth-order valence-corrected chi connectivity index (χ4v) is 2.01. The average Bonchev–Trinajstić information content (AvgIpc) is 2.26. The van der Waals surface area contributed by atoms with E-state index in [9.17, 15) is 14.9 Å². The van der Waals surface area contributed by atoms with Crippen LogP contribution in [0.25, 0.3) is 0 Å². The molecule has 0 radical (unpaired) electrons. The number of rotatable bonds is 3. The van der Waals surface area contributed by atoms with Crippen LogP contribution in [0.1, 0.15) is 41.1 Å². The van der Waals surface area contributed by atoms with Gasteiger partial charge in [-0.25, -0.2) is 4.79 Å². The second kappa shape index (κ2) is 4.53. The third-order valence-corrected chi connectivity index (χ3v) is 3.19. The molecule has 2 rings (SSSR count). The van der Waals surface area contributed by atoms with E-state index in [4.69, 9.17) is 0 Å². The van der Waals surface area contributed by atoms with Crippen molar-refractivity contribution < 1.29 is 14.5 Å². The van der Waals surface area contributed by atoms with Crippen molar-refractivity contribution in [2.24, 2.45) is 0 Å². The Balaban J connectivity index is 2.40. The molecule has 1 saturated carbocycles. The monoisotopic (exact) mass is 235 g/mol. The Morgan fingerprint density at radius 1 is 1.47 bits per heavy atom. The SMILES string of the molecule is COC(=O)c1ccc(C2CCC2)c([N+](=O)[O-])c1. The van der Waals surface area contributed by atoms with E-state index in [1.165, 1.54) is 13.2 Å². The number of ether oxygens (including phenoxy) is 1. The zero-order chi connectivity index (χ0) is 12.4. The lowest BCUT2D eigenvalue weighted by atomic mass is 9.79. The number of nitrogens with zero attached hydrogens (tertiary/aromatic N) is 1. The van der Waals surface area contributed by atoms with E-state index in [0.717, 1.165) is 24.8 Å². The Morgan fingerprint density at radius 3 is 2.65 bits per heavy atom. The average molecular weight is 235 g/mol. The van der Waals surface area contributed by atoms with E-state index < -0.39 is 10.9 Å². The highest BCUT2D eigenvalue weighted by atomic mass is 16.6. The molecule has 0 aromatic heterocycles. The van der Waals surface area contributed by atoms with Crippen molar-refractivity contribution in [3.8, 4) is 0 Å². The Morgan fingerprint density at radius 2 is 2.18 bits per heavy atom. The van der Waals surface area contributed by atoms with Crippen molar-refractivity contribution in [3.05, 3.63) is 39.4 Å². The normalized spacial score (nSPS) is 15.1. The summed E-state index contributed by atoms with van der Waals surface area (Å²) in [4.78, 5) is 21.9. The summed E-state index contributed by atoms with van der Waals surface area (Å²) in [7, 11) is 1.26. The lowest BCUT2D eigenvalue weighted by Gasteiger charge is -2.25. The van der Waals surface area contributed by atoms with Gasteiger partial charge in [0.15, 0.2) is 0 Å². The van der Waals surface area contributed by atoms with Gasteiger partial charge in [0.2, 0.25) is 0 Å². The van der Waals surface area contributed by atoms with Crippen molar-refractivity contribution in [1.29, 1.82) is 0 Å². The van der Waals surface area contributed by atoms with Gasteiger partial charge in [-0.15, -0.1) is 0 Å². The molecule has 0 aliphatic heterocycles. The van der Waals surface area contributed by atoms with E-state index in [1.54, 1.807) is 12.1 Å². The quantitative estimate of drug-likeness (QED) is 0.458. The first kappa shape index (κ1) is 11.6. The van der Waals surface area contributed by atoms with E-state index >= 15 is 0 Å². The molecule has 1 fully saturated rings. The van der Waals surface area contributed by atoms with Gasteiger partial charge in [-0.1, -0.05) is 12.5 Å². The molecule has 0 spiro atoms. The summed E-state index contributed by atoms with van der Waals surface area (Å²) in [5.41, 5.74) is 0.980. The first-order chi connectivity index (χ1) is 8.13. The van der Waals surface area contributed by atoms with E-state index in [2.05, 4.69) is 4.74 Å². The van der Waals surface area contributed by atoms with Crippen LogP contribution < -0.4 is 0 Å². The molecule has 5 nitrogen and oxygen atoms in total. The van der Waals surface area contributed by atoms with Gasteiger partial charge in [0.1, 0.15) is 0 Å². The lowest BCUT2D eigenvalue weighted by Crippen LogP contribution is -2.12. The molecule has 0 atom stereocenters. The van der Waals surface area contributed by atoms with Crippen LogP contribution >= 0.6 is 0 Å². The summed E-state index contributed by atoms with van der Waals surface area (Å²) >= 11 is 0. The number of carbonyl (C=O) groups excluding carboxylic acids is 1. The highest BCUT2D eigenvalue weighted by molar-refractivity contribution is 5.90. The molecular formula is C12H13NO4. The number of nitro benzene ring substituents is 1.